The van der Waals surface area contributed by atoms with Crippen LogP contribution in [0.3, 0.4) is 0 Å². The zero-order chi connectivity index (χ0) is 21.6. The Bertz CT molecular complexity index is 738. The number of nitrogens with zero attached hydrogens (tertiary/aromatic N) is 1. The summed E-state index contributed by atoms with van der Waals surface area (Å²) in [6, 6.07) is 0. The molecule has 0 aromatic carbocycles. The first-order valence-electron chi connectivity index (χ1n) is 9.94. The van der Waals surface area contributed by atoms with Crippen molar-refractivity contribution in [2.24, 2.45) is 0 Å². The molecule has 1 N–H and O–H groups in total. The molecule has 0 aliphatic carbocycles. The summed E-state index contributed by atoms with van der Waals surface area (Å²) in [6.45, 7) is 14.3. The minimum atomic E-state index is -0.301. The molecule has 1 amide bonds. The van der Waals surface area contributed by atoms with Gasteiger partial charge in [-0.15, -0.1) is 6.58 Å². The van der Waals surface area contributed by atoms with Crippen molar-refractivity contribution < 1.29 is 13.9 Å². The van der Waals surface area contributed by atoms with Gasteiger partial charge in [-0.2, -0.15) is 0 Å². The highest BCUT2D eigenvalue weighted by Crippen LogP contribution is 2.28. The van der Waals surface area contributed by atoms with Gasteiger partial charge in [0.15, 0.2) is 0 Å². The highest BCUT2D eigenvalue weighted by Gasteiger charge is 2.24. The Morgan fingerprint density at radius 1 is 1.38 bits per heavy atom. The fourth-order valence-electron chi connectivity index (χ4n) is 2.85. The van der Waals surface area contributed by atoms with E-state index in [0.29, 0.717) is 18.6 Å². The third-order valence-corrected chi connectivity index (χ3v) is 4.37. The van der Waals surface area contributed by atoms with Gasteiger partial charge in [0.05, 0.1) is 5.83 Å². The summed E-state index contributed by atoms with van der Waals surface area (Å²) in [5.41, 5.74) is 2.40. The first-order valence-corrected chi connectivity index (χ1v) is 9.94. The lowest BCUT2D eigenvalue weighted by atomic mass is 10.0. The molecule has 0 spiro atoms. The molecular weight excluding hydrogens is 367 g/mol. The van der Waals surface area contributed by atoms with Crippen LogP contribution in [0.15, 0.2) is 84.2 Å². The van der Waals surface area contributed by atoms with Gasteiger partial charge in [-0.3, -0.25) is 4.79 Å². The predicted octanol–water partition coefficient (Wildman–Crippen LogP) is 5.47. The Balaban J connectivity index is 3.02. The number of nitrogens with one attached hydrogen (secondary N) is 1. The highest BCUT2D eigenvalue weighted by atomic mass is 19.1. The summed E-state index contributed by atoms with van der Waals surface area (Å²) in [5, 5.41) is 2.92. The quantitative estimate of drug-likeness (QED) is 0.349. The molecule has 1 heterocycles. The van der Waals surface area contributed by atoms with Crippen LogP contribution in [0.4, 0.5) is 4.39 Å². The van der Waals surface area contributed by atoms with Crippen molar-refractivity contribution in [3.05, 3.63) is 84.2 Å². The molecule has 158 valence electrons. The number of allylic oxidation sites excluding steroid dienone is 6. The number of hydrogen-bond acceptors (Lipinski definition) is 3. The zero-order valence-electron chi connectivity index (χ0n) is 17.8. The predicted molar refractivity (Wildman–Crippen MR) is 118 cm³/mol. The van der Waals surface area contributed by atoms with Gasteiger partial charge in [-0.05, 0) is 38.3 Å². The van der Waals surface area contributed by atoms with Gasteiger partial charge < -0.3 is 15.0 Å². The summed E-state index contributed by atoms with van der Waals surface area (Å²) >= 11 is 0. The second kappa shape index (κ2) is 13.4. The van der Waals surface area contributed by atoms with E-state index in [0.717, 1.165) is 36.4 Å². The topological polar surface area (TPSA) is 41.6 Å². The van der Waals surface area contributed by atoms with Gasteiger partial charge in [0.25, 0.3) is 0 Å². The van der Waals surface area contributed by atoms with E-state index in [1.54, 1.807) is 12.2 Å². The van der Waals surface area contributed by atoms with Crippen molar-refractivity contribution in [1.29, 1.82) is 0 Å². The van der Waals surface area contributed by atoms with Crippen LogP contribution in [0.1, 0.15) is 40.0 Å². The van der Waals surface area contributed by atoms with Crippen LogP contribution in [0.5, 0.6) is 0 Å². The maximum Gasteiger partial charge on any atom is 0.249 e. The molecular formula is C24H33FN2O2. The maximum atomic E-state index is 13.0. The van der Waals surface area contributed by atoms with Gasteiger partial charge in [0.1, 0.15) is 12.4 Å². The second-order valence-electron chi connectivity index (χ2n) is 6.58. The Kier molecular flexibility index (Phi) is 11.2. The minimum Gasteiger partial charge on any atom is -0.492 e. The van der Waals surface area contributed by atoms with Crippen molar-refractivity contribution in [3.8, 4) is 0 Å². The van der Waals surface area contributed by atoms with E-state index >= 15 is 0 Å². The number of rotatable bonds is 12. The molecule has 0 radical (unpaired) electrons. The third-order valence-electron chi connectivity index (χ3n) is 4.37. The molecule has 0 fully saturated rings. The molecule has 0 aromatic rings. The number of carbonyl (C=O) groups is 1. The van der Waals surface area contributed by atoms with E-state index in [1.165, 1.54) is 13.0 Å². The Morgan fingerprint density at radius 2 is 2.14 bits per heavy atom. The van der Waals surface area contributed by atoms with Crippen molar-refractivity contribution in [2.45, 2.75) is 40.0 Å². The van der Waals surface area contributed by atoms with Gasteiger partial charge >= 0.3 is 0 Å². The average molecular weight is 401 g/mol. The molecule has 0 saturated carbocycles. The molecule has 4 nitrogen and oxygen atoms in total. The second-order valence-corrected chi connectivity index (χ2v) is 6.58. The minimum absolute atomic E-state index is 0.153. The fraction of sp³-hybridized carbons (Fsp3) is 0.375. The smallest absolute Gasteiger partial charge is 0.249 e. The monoisotopic (exact) mass is 400 g/mol. The molecule has 1 aliphatic rings. The molecule has 0 bridgehead atoms. The number of ether oxygens (including phenoxy) is 1. The molecule has 5 heteroatoms. The molecule has 0 atom stereocenters. The summed E-state index contributed by atoms with van der Waals surface area (Å²) in [6.07, 6.45) is 14.2. The molecule has 29 heavy (non-hydrogen) atoms. The Morgan fingerprint density at radius 3 is 2.72 bits per heavy atom. The van der Waals surface area contributed by atoms with Crippen LogP contribution < -0.4 is 5.32 Å². The van der Waals surface area contributed by atoms with Crippen LogP contribution in [-0.2, 0) is 9.53 Å². The van der Waals surface area contributed by atoms with Crippen LogP contribution in [0.2, 0.25) is 0 Å². The zero-order valence-corrected chi connectivity index (χ0v) is 17.8. The summed E-state index contributed by atoms with van der Waals surface area (Å²) in [7, 11) is 0. The summed E-state index contributed by atoms with van der Waals surface area (Å²) < 4.78 is 18.8. The Hall–Kier alpha value is -2.82. The lowest BCUT2D eigenvalue weighted by Crippen LogP contribution is -2.33. The van der Waals surface area contributed by atoms with Crippen molar-refractivity contribution in [2.75, 3.05) is 19.7 Å². The standard InChI is InChI=1S/C24H33FN2O2/c1-6-10-14-27-18-21(29-15-11-7-2)16-22(23(27)9-4)24(28)26-17-20(8-3)13-12-19(5)25/h6-8,11-13,18H,1,3,9-10,14-17H2,2,4-5H3,(H,26,28)/b11-7+,19-12+,20-13+. The molecule has 0 saturated heterocycles. The Labute approximate surface area is 174 Å². The van der Waals surface area contributed by atoms with Crippen molar-refractivity contribution >= 4 is 5.91 Å². The highest BCUT2D eigenvalue weighted by molar-refractivity contribution is 5.95. The van der Waals surface area contributed by atoms with Gasteiger partial charge in [-0.1, -0.05) is 43.9 Å². The first-order chi connectivity index (χ1) is 14.0. The van der Waals surface area contributed by atoms with E-state index in [4.69, 9.17) is 4.74 Å². The van der Waals surface area contributed by atoms with Crippen LogP contribution in [0, 0.1) is 0 Å². The van der Waals surface area contributed by atoms with Gasteiger partial charge in [0, 0.05) is 37.0 Å². The van der Waals surface area contributed by atoms with Gasteiger partial charge in [0.2, 0.25) is 5.91 Å². The molecule has 1 aliphatic heterocycles. The molecule has 1 rings (SSSR count). The first kappa shape index (κ1) is 24.2. The summed E-state index contributed by atoms with van der Waals surface area (Å²) in [4.78, 5) is 15.0. The van der Waals surface area contributed by atoms with Crippen molar-refractivity contribution in [3.63, 3.8) is 0 Å². The average Bonchev–Trinajstić information content (AvgIpc) is 2.71. The van der Waals surface area contributed by atoms with E-state index in [9.17, 15) is 9.18 Å². The van der Waals surface area contributed by atoms with Crippen LogP contribution in [0.25, 0.3) is 0 Å². The third kappa shape index (κ3) is 8.38. The lowest BCUT2D eigenvalue weighted by Gasteiger charge is -2.31. The normalized spacial score (nSPS) is 15.4. The molecule has 0 unspecified atom stereocenters. The largest absolute Gasteiger partial charge is 0.492 e. The number of amides is 1. The van der Waals surface area contributed by atoms with Gasteiger partial charge in [-0.25, -0.2) is 4.39 Å². The van der Waals surface area contributed by atoms with Crippen molar-refractivity contribution in [1.82, 2.24) is 10.2 Å². The summed E-state index contributed by atoms with van der Waals surface area (Å²) in [5.74, 6) is 0.300. The maximum absolute atomic E-state index is 13.0. The molecule has 0 aromatic heterocycles. The SMILES string of the molecule is C=CCCN1C=C(OC/C=C/C)CC(C(=O)NC/C(C=C)=C/C=C(\C)F)=C1CC. The fourth-order valence-corrected chi connectivity index (χ4v) is 2.85. The number of hydrogen-bond donors (Lipinski definition) is 1. The van der Waals surface area contributed by atoms with Crippen LogP contribution >= 0.6 is 0 Å². The van der Waals surface area contributed by atoms with E-state index in [2.05, 4.69) is 23.4 Å². The lowest BCUT2D eigenvalue weighted by molar-refractivity contribution is -0.117. The van der Waals surface area contributed by atoms with Crippen LogP contribution in [-0.4, -0.2) is 30.5 Å². The number of halogens is 1. The van der Waals surface area contributed by atoms with E-state index in [-0.39, 0.29) is 18.3 Å². The van der Waals surface area contributed by atoms with E-state index < -0.39 is 0 Å². The number of carbonyl (C=O) groups excluding carboxylic acids is 1. The van der Waals surface area contributed by atoms with E-state index in [1.807, 2.05) is 38.3 Å².